The van der Waals surface area contributed by atoms with E-state index in [0.29, 0.717) is 34.3 Å². The molecule has 1 aromatic heterocycles. The Labute approximate surface area is 192 Å². The fourth-order valence-electron chi connectivity index (χ4n) is 3.22. The Morgan fingerprint density at radius 1 is 1.12 bits per heavy atom. The molecule has 2 aromatic rings. The van der Waals surface area contributed by atoms with E-state index in [-0.39, 0.29) is 31.3 Å². The van der Waals surface area contributed by atoms with Crippen LogP contribution in [0.15, 0.2) is 34.7 Å². The molecule has 0 aliphatic carbocycles. The molecular weight excluding hydrogens is 430 g/mol. The van der Waals surface area contributed by atoms with Gasteiger partial charge >= 0.3 is 0 Å². The quantitative estimate of drug-likeness (QED) is 0.130. The van der Waals surface area contributed by atoms with Crippen molar-refractivity contribution < 1.29 is 33.5 Å². The molecule has 1 unspecified atom stereocenters. The van der Waals surface area contributed by atoms with E-state index in [1.54, 1.807) is 38.5 Å². The van der Waals surface area contributed by atoms with Crippen molar-refractivity contribution in [3.63, 3.8) is 0 Å². The molecule has 3 amide bonds. The lowest BCUT2D eigenvalue weighted by Gasteiger charge is -2.19. The van der Waals surface area contributed by atoms with Gasteiger partial charge in [-0.2, -0.15) is 0 Å². The highest BCUT2D eigenvalue weighted by molar-refractivity contribution is 5.92. The maximum atomic E-state index is 12.5. The van der Waals surface area contributed by atoms with E-state index >= 15 is 0 Å². The predicted octanol–water partition coefficient (Wildman–Crippen LogP) is 2.81. The van der Waals surface area contributed by atoms with Gasteiger partial charge in [0.25, 0.3) is 5.91 Å². The maximum Gasteiger partial charge on any atom is 0.288 e. The van der Waals surface area contributed by atoms with Crippen LogP contribution in [0.2, 0.25) is 0 Å². The lowest BCUT2D eigenvalue weighted by molar-refractivity contribution is -0.154. The van der Waals surface area contributed by atoms with Crippen LogP contribution in [-0.4, -0.2) is 55.9 Å². The monoisotopic (exact) mass is 461 g/mol. The van der Waals surface area contributed by atoms with E-state index in [0.717, 1.165) is 19.3 Å². The van der Waals surface area contributed by atoms with Gasteiger partial charge in [0.05, 0.1) is 33.4 Å². The maximum absolute atomic E-state index is 12.5. The highest BCUT2D eigenvalue weighted by Crippen LogP contribution is 2.30. The SMILES string of the molecule is CCCCCC(CN(O)C=O)C(=O)NCNC(=O)c1ccc(-c2cc(OC)cc(OC)c2)o1. The molecule has 0 aliphatic heterocycles. The van der Waals surface area contributed by atoms with Crippen LogP contribution < -0.4 is 20.1 Å². The van der Waals surface area contributed by atoms with Crippen molar-refractivity contribution in [1.82, 2.24) is 15.7 Å². The van der Waals surface area contributed by atoms with Gasteiger partial charge in [-0.3, -0.25) is 19.6 Å². The minimum absolute atomic E-state index is 0.0722. The van der Waals surface area contributed by atoms with Crippen molar-refractivity contribution in [2.75, 3.05) is 27.4 Å². The number of carbonyl (C=O) groups is 3. The van der Waals surface area contributed by atoms with Gasteiger partial charge in [0.1, 0.15) is 17.3 Å². The minimum atomic E-state index is -0.582. The summed E-state index contributed by atoms with van der Waals surface area (Å²) in [4.78, 5) is 35.6. The van der Waals surface area contributed by atoms with Gasteiger partial charge in [0.15, 0.2) is 5.76 Å². The number of nitrogens with zero attached hydrogens (tertiary/aromatic N) is 1. The number of nitrogens with one attached hydrogen (secondary N) is 2. The summed E-state index contributed by atoms with van der Waals surface area (Å²) in [5.74, 6) is 0.240. The Hall–Kier alpha value is -3.53. The smallest absolute Gasteiger partial charge is 0.288 e. The Kier molecular flexibility index (Phi) is 10.2. The number of hydroxylamine groups is 2. The summed E-state index contributed by atoms with van der Waals surface area (Å²) in [6.45, 7) is 1.80. The third kappa shape index (κ3) is 7.83. The van der Waals surface area contributed by atoms with Crippen molar-refractivity contribution in [3.05, 3.63) is 36.1 Å². The molecule has 1 heterocycles. The first-order chi connectivity index (χ1) is 15.9. The van der Waals surface area contributed by atoms with E-state index in [4.69, 9.17) is 13.9 Å². The fourth-order valence-corrected chi connectivity index (χ4v) is 3.22. The number of benzene rings is 1. The van der Waals surface area contributed by atoms with Gasteiger partial charge in [0.2, 0.25) is 12.3 Å². The van der Waals surface area contributed by atoms with E-state index in [9.17, 15) is 19.6 Å². The van der Waals surface area contributed by atoms with Crippen molar-refractivity contribution in [3.8, 4) is 22.8 Å². The average molecular weight is 462 g/mol. The molecule has 0 bridgehead atoms. The van der Waals surface area contributed by atoms with E-state index < -0.39 is 11.8 Å². The number of unbranched alkanes of at least 4 members (excludes halogenated alkanes) is 2. The molecular formula is C23H31N3O7. The summed E-state index contributed by atoms with van der Waals surface area (Å²) in [6.07, 6.45) is 3.48. The third-order valence-corrected chi connectivity index (χ3v) is 5.03. The molecule has 0 saturated heterocycles. The van der Waals surface area contributed by atoms with Crippen molar-refractivity contribution in [1.29, 1.82) is 0 Å². The van der Waals surface area contributed by atoms with Gasteiger partial charge in [-0.1, -0.05) is 26.2 Å². The fraction of sp³-hybridized carbons (Fsp3) is 0.435. The zero-order valence-corrected chi connectivity index (χ0v) is 19.1. The van der Waals surface area contributed by atoms with E-state index in [2.05, 4.69) is 10.6 Å². The lowest BCUT2D eigenvalue weighted by atomic mass is 10.0. The summed E-state index contributed by atoms with van der Waals surface area (Å²) >= 11 is 0. The summed E-state index contributed by atoms with van der Waals surface area (Å²) < 4.78 is 16.2. The van der Waals surface area contributed by atoms with Gasteiger partial charge in [-0.25, -0.2) is 5.06 Å². The van der Waals surface area contributed by atoms with Crippen molar-refractivity contribution >= 4 is 18.2 Å². The molecule has 33 heavy (non-hydrogen) atoms. The third-order valence-electron chi connectivity index (χ3n) is 5.03. The number of ether oxygens (including phenoxy) is 2. The predicted molar refractivity (Wildman–Crippen MR) is 120 cm³/mol. The summed E-state index contributed by atoms with van der Waals surface area (Å²) in [7, 11) is 3.08. The number of amides is 3. The van der Waals surface area contributed by atoms with Crippen LogP contribution in [0, 0.1) is 5.92 Å². The second-order valence-corrected chi connectivity index (χ2v) is 7.41. The zero-order chi connectivity index (χ0) is 24.2. The van der Waals surface area contributed by atoms with Gasteiger partial charge in [-0.15, -0.1) is 0 Å². The number of rotatable bonds is 14. The number of hydrogen-bond donors (Lipinski definition) is 3. The molecule has 3 N–H and O–H groups in total. The van der Waals surface area contributed by atoms with Crippen LogP contribution in [0.4, 0.5) is 0 Å². The first-order valence-electron chi connectivity index (χ1n) is 10.7. The molecule has 180 valence electrons. The van der Waals surface area contributed by atoms with Crippen molar-refractivity contribution in [2.24, 2.45) is 5.92 Å². The van der Waals surface area contributed by atoms with Crippen LogP contribution in [0.5, 0.6) is 11.5 Å². The lowest BCUT2D eigenvalue weighted by Crippen LogP contribution is -2.42. The summed E-state index contributed by atoms with van der Waals surface area (Å²) in [5.41, 5.74) is 0.678. The molecule has 0 fully saturated rings. The van der Waals surface area contributed by atoms with Crippen LogP contribution in [0.1, 0.15) is 43.2 Å². The number of methoxy groups -OCH3 is 2. The van der Waals surface area contributed by atoms with E-state index in [1.165, 1.54) is 6.07 Å². The Morgan fingerprint density at radius 2 is 1.82 bits per heavy atom. The molecule has 0 spiro atoms. The standard InChI is InChI=1S/C23H31N3O7/c1-4-5-6-7-16(13-26(30)15-27)22(28)24-14-25-23(29)21-9-8-20(33-21)17-10-18(31-2)12-19(11-17)32-3/h8-12,15-16,30H,4-7,13-14H2,1-3H3,(H,24,28)(H,25,29). The van der Waals surface area contributed by atoms with Crippen LogP contribution in [-0.2, 0) is 9.59 Å². The Balaban J connectivity index is 1.94. The second kappa shape index (κ2) is 13.1. The molecule has 10 heteroatoms. The number of furan rings is 1. The Bertz CT molecular complexity index is 906. The molecule has 0 saturated carbocycles. The average Bonchev–Trinajstić information content (AvgIpc) is 3.33. The number of hydrogen-bond acceptors (Lipinski definition) is 7. The normalized spacial score (nSPS) is 11.4. The molecule has 2 rings (SSSR count). The Morgan fingerprint density at radius 3 is 2.42 bits per heavy atom. The summed E-state index contributed by atoms with van der Waals surface area (Å²) in [5, 5.41) is 15.1. The number of carbonyl (C=O) groups excluding carboxylic acids is 3. The summed E-state index contributed by atoms with van der Waals surface area (Å²) in [6, 6.07) is 8.42. The van der Waals surface area contributed by atoms with Crippen LogP contribution in [0.25, 0.3) is 11.3 Å². The zero-order valence-electron chi connectivity index (χ0n) is 19.1. The van der Waals surface area contributed by atoms with Gasteiger partial charge < -0.3 is 24.5 Å². The first-order valence-corrected chi connectivity index (χ1v) is 10.7. The largest absolute Gasteiger partial charge is 0.497 e. The first kappa shape index (κ1) is 25.7. The molecule has 1 aromatic carbocycles. The highest BCUT2D eigenvalue weighted by Gasteiger charge is 2.21. The molecule has 1 atom stereocenters. The van der Waals surface area contributed by atoms with Crippen molar-refractivity contribution in [2.45, 2.75) is 32.6 Å². The second-order valence-electron chi connectivity index (χ2n) is 7.41. The van der Waals surface area contributed by atoms with Crippen LogP contribution >= 0.6 is 0 Å². The highest BCUT2D eigenvalue weighted by atomic mass is 16.5. The van der Waals surface area contributed by atoms with Crippen LogP contribution in [0.3, 0.4) is 0 Å². The van der Waals surface area contributed by atoms with E-state index in [1.807, 2.05) is 6.92 Å². The van der Waals surface area contributed by atoms with Gasteiger partial charge in [-0.05, 0) is 30.7 Å². The van der Waals surface area contributed by atoms with Gasteiger partial charge in [0, 0.05) is 11.6 Å². The molecule has 0 radical (unpaired) electrons. The topological polar surface area (TPSA) is 130 Å². The molecule has 10 nitrogen and oxygen atoms in total. The molecule has 0 aliphatic rings. The minimum Gasteiger partial charge on any atom is -0.497 e.